The van der Waals surface area contributed by atoms with Crippen LogP contribution in [0, 0.1) is 0 Å². The van der Waals surface area contributed by atoms with Gasteiger partial charge >= 0.3 is 0 Å². The molecule has 5 N–H and O–H groups in total. The highest BCUT2D eigenvalue weighted by Gasteiger charge is 2.39. The Morgan fingerprint density at radius 3 is 2.54 bits per heavy atom. The van der Waals surface area contributed by atoms with Crippen LogP contribution in [-0.4, -0.2) is 59.2 Å². The summed E-state index contributed by atoms with van der Waals surface area (Å²) >= 11 is 0. The number of likely N-dealkylation sites (N-methyl/N-ethyl adjacent to an activating group) is 1. The monoisotopic (exact) mass is 190 g/mol. The standard InChI is InChI=1S/C7H14N2O4/c1-8-7(13)4-6(12)5(11)3(10)2-9-4/h3-6,9-12H,2H2,1H3,(H,8,13)/t3-,4+,5+,6-/m1/s1. The molecule has 0 spiro atoms. The fourth-order valence-corrected chi connectivity index (χ4v) is 1.32. The van der Waals surface area contributed by atoms with Gasteiger partial charge in [-0.2, -0.15) is 0 Å². The first-order valence-corrected chi connectivity index (χ1v) is 4.07. The van der Waals surface area contributed by atoms with E-state index in [4.69, 9.17) is 5.11 Å². The number of amides is 1. The number of aliphatic hydroxyl groups is 3. The van der Waals surface area contributed by atoms with Gasteiger partial charge in [-0.1, -0.05) is 0 Å². The molecular weight excluding hydrogens is 176 g/mol. The number of hydrogen-bond acceptors (Lipinski definition) is 5. The van der Waals surface area contributed by atoms with Crippen molar-refractivity contribution in [3.8, 4) is 0 Å². The molecule has 1 rings (SSSR count). The number of carbonyl (C=O) groups excluding carboxylic acids is 1. The third-order valence-electron chi connectivity index (χ3n) is 2.16. The Morgan fingerprint density at radius 1 is 1.38 bits per heavy atom. The van der Waals surface area contributed by atoms with E-state index in [-0.39, 0.29) is 6.54 Å². The molecule has 0 aromatic heterocycles. The normalized spacial score (nSPS) is 40.0. The number of hydrogen-bond donors (Lipinski definition) is 5. The van der Waals surface area contributed by atoms with E-state index in [0.717, 1.165) is 0 Å². The molecule has 0 saturated carbocycles. The van der Waals surface area contributed by atoms with Gasteiger partial charge in [0.15, 0.2) is 0 Å². The SMILES string of the molecule is CNC(=O)[C@H]1NC[C@@H](O)[C@H](O)[C@@H]1O. The number of β-amino-alcohol motifs (C(OH)–C–C–N with tert-alkyl or cyclic N) is 1. The summed E-state index contributed by atoms with van der Waals surface area (Å²) in [5.74, 6) is -0.404. The van der Waals surface area contributed by atoms with Crippen LogP contribution in [0.2, 0.25) is 0 Å². The molecule has 76 valence electrons. The van der Waals surface area contributed by atoms with Gasteiger partial charge in [-0.05, 0) is 0 Å². The van der Waals surface area contributed by atoms with Crippen LogP contribution < -0.4 is 10.6 Å². The van der Waals surface area contributed by atoms with E-state index in [1.807, 2.05) is 0 Å². The van der Waals surface area contributed by atoms with E-state index < -0.39 is 30.3 Å². The number of piperidine rings is 1. The van der Waals surface area contributed by atoms with Crippen LogP contribution in [0.15, 0.2) is 0 Å². The lowest BCUT2D eigenvalue weighted by molar-refractivity contribution is -0.137. The second-order valence-corrected chi connectivity index (χ2v) is 3.05. The molecule has 0 aromatic rings. The molecule has 6 nitrogen and oxygen atoms in total. The zero-order valence-corrected chi connectivity index (χ0v) is 7.27. The van der Waals surface area contributed by atoms with E-state index in [2.05, 4.69) is 10.6 Å². The van der Waals surface area contributed by atoms with Gasteiger partial charge in [0.25, 0.3) is 0 Å². The van der Waals surface area contributed by atoms with Crippen LogP contribution in [0.5, 0.6) is 0 Å². The molecule has 0 aromatic carbocycles. The van der Waals surface area contributed by atoms with Crippen LogP contribution in [0.25, 0.3) is 0 Å². The highest BCUT2D eigenvalue weighted by molar-refractivity contribution is 5.82. The van der Waals surface area contributed by atoms with Crippen LogP contribution >= 0.6 is 0 Å². The van der Waals surface area contributed by atoms with Crippen molar-refractivity contribution in [3.63, 3.8) is 0 Å². The van der Waals surface area contributed by atoms with Crippen molar-refractivity contribution in [3.05, 3.63) is 0 Å². The van der Waals surface area contributed by atoms with Gasteiger partial charge in [-0.25, -0.2) is 0 Å². The number of carbonyl (C=O) groups is 1. The highest BCUT2D eigenvalue weighted by atomic mass is 16.4. The van der Waals surface area contributed by atoms with Gasteiger partial charge in [0.1, 0.15) is 18.2 Å². The average molecular weight is 190 g/mol. The van der Waals surface area contributed by atoms with Crippen molar-refractivity contribution in [2.45, 2.75) is 24.4 Å². The Balaban J connectivity index is 2.63. The molecule has 0 aliphatic carbocycles. The van der Waals surface area contributed by atoms with E-state index >= 15 is 0 Å². The summed E-state index contributed by atoms with van der Waals surface area (Å²) in [6, 6.07) is -0.858. The molecular formula is C7H14N2O4. The largest absolute Gasteiger partial charge is 0.389 e. The average Bonchev–Trinajstić information content (AvgIpc) is 2.13. The molecule has 0 bridgehead atoms. The topological polar surface area (TPSA) is 102 Å². The summed E-state index contributed by atoms with van der Waals surface area (Å²) in [4.78, 5) is 11.1. The summed E-state index contributed by atoms with van der Waals surface area (Å²) in [5, 5.41) is 32.7. The Morgan fingerprint density at radius 2 is 2.00 bits per heavy atom. The maximum atomic E-state index is 11.1. The Hall–Kier alpha value is -0.690. The first-order chi connectivity index (χ1) is 6.07. The number of rotatable bonds is 1. The van der Waals surface area contributed by atoms with Crippen molar-refractivity contribution in [1.29, 1.82) is 0 Å². The lowest BCUT2D eigenvalue weighted by Crippen LogP contribution is -2.64. The molecule has 1 amide bonds. The molecule has 0 radical (unpaired) electrons. The fourth-order valence-electron chi connectivity index (χ4n) is 1.32. The second-order valence-electron chi connectivity index (χ2n) is 3.05. The first-order valence-electron chi connectivity index (χ1n) is 4.07. The molecule has 1 aliphatic rings. The van der Waals surface area contributed by atoms with Gasteiger partial charge in [-0.15, -0.1) is 0 Å². The molecule has 13 heavy (non-hydrogen) atoms. The summed E-state index contributed by atoms with van der Waals surface area (Å²) in [7, 11) is 1.44. The van der Waals surface area contributed by atoms with E-state index in [1.165, 1.54) is 7.05 Å². The molecule has 0 unspecified atom stereocenters. The molecule has 6 heteroatoms. The Bertz CT molecular complexity index is 199. The number of aliphatic hydroxyl groups excluding tert-OH is 3. The quantitative estimate of drug-likeness (QED) is 0.299. The zero-order chi connectivity index (χ0) is 10.0. The molecule has 1 heterocycles. The Labute approximate surface area is 75.6 Å². The third-order valence-corrected chi connectivity index (χ3v) is 2.16. The maximum Gasteiger partial charge on any atom is 0.239 e. The minimum Gasteiger partial charge on any atom is -0.389 e. The third kappa shape index (κ3) is 1.97. The summed E-state index contributed by atoms with van der Waals surface area (Å²) < 4.78 is 0. The van der Waals surface area contributed by atoms with Crippen molar-refractivity contribution in [2.24, 2.45) is 0 Å². The lowest BCUT2D eigenvalue weighted by atomic mass is 9.95. The van der Waals surface area contributed by atoms with Gasteiger partial charge < -0.3 is 26.0 Å². The molecule has 1 fully saturated rings. The van der Waals surface area contributed by atoms with Crippen molar-refractivity contribution >= 4 is 5.91 Å². The molecule has 1 saturated heterocycles. The highest BCUT2D eigenvalue weighted by Crippen LogP contribution is 2.10. The number of nitrogens with one attached hydrogen (secondary N) is 2. The van der Waals surface area contributed by atoms with Crippen LogP contribution in [0.1, 0.15) is 0 Å². The lowest BCUT2D eigenvalue weighted by Gasteiger charge is -2.34. The van der Waals surface area contributed by atoms with Gasteiger partial charge in [0, 0.05) is 13.6 Å². The molecule has 4 atom stereocenters. The van der Waals surface area contributed by atoms with Gasteiger partial charge in [0.05, 0.1) is 6.10 Å². The van der Waals surface area contributed by atoms with E-state index in [9.17, 15) is 15.0 Å². The van der Waals surface area contributed by atoms with E-state index in [1.54, 1.807) is 0 Å². The van der Waals surface area contributed by atoms with Crippen LogP contribution in [0.4, 0.5) is 0 Å². The summed E-state index contributed by atoms with van der Waals surface area (Å²) in [5.41, 5.74) is 0. The smallest absolute Gasteiger partial charge is 0.239 e. The predicted octanol–water partition coefficient (Wildman–Crippen LogP) is -3.21. The van der Waals surface area contributed by atoms with Crippen molar-refractivity contribution in [1.82, 2.24) is 10.6 Å². The minimum atomic E-state index is -1.27. The van der Waals surface area contributed by atoms with E-state index in [0.29, 0.717) is 0 Å². The molecule has 1 aliphatic heterocycles. The minimum absolute atomic E-state index is 0.0936. The summed E-state index contributed by atoms with van der Waals surface area (Å²) in [6.07, 6.45) is -3.58. The predicted molar refractivity (Wildman–Crippen MR) is 43.9 cm³/mol. The fraction of sp³-hybridized carbons (Fsp3) is 0.857. The summed E-state index contributed by atoms with van der Waals surface area (Å²) in [6.45, 7) is 0.0936. The van der Waals surface area contributed by atoms with Gasteiger partial charge in [0.2, 0.25) is 5.91 Å². The maximum absolute atomic E-state index is 11.1. The second kappa shape index (κ2) is 4.01. The zero-order valence-electron chi connectivity index (χ0n) is 7.27. The Kier molecular flexibility index (Phi) is 3.21. The van der Waals surface area contributed by atoms with Crippen molar-refractivity contribution < 1.29 is 20.1 Å². The van der Waals surface area contributed by atoms with Crippen molar-refractivity contribution in [2.75, 3.05) is 13.6 Å². The first kappa shape index (κ1) is 10.4. The van der Waals surface area contributed by atoms with Crippen LogP contribution in [-0.2, 0) is 4.79 Å². The van der Waals surface area contributed by atoms with Crippen LogP contribution in [0.3, 0.4) is 0 Å². The van der Waals surface area contributed by atoms with Gasteiger partial charge in [-0.3, -0.25) is 4.79 Å².